The van der Waals surface area contributed by atoms with Crippen LogP contribution in [0.25, 0.3) is 0 Å². The predicted molar refractivity (Wildman–Crippen MR) is 86.7 cm³/mol. The van der Waals surface area contributed by atoms with Crippen LogP contribution in [0.5, 0.6) is 0 Å². The van der Waals surface area contributed by atoms with Crippen LogP contribution in [0.15, 0.2) is 0 Å². The summed E-state index contributed by atoms with van der Waals surface area (Å²) in [6, 6.07) is 1.38. The number of hydrogen-bond acceptors (Lipinski definition) is 4. The summed E-state index contributed by atoms with van der Waals surface area (Å²) in [5.41, 5.74) is 0. The first-order valence-corrected chi connectivity index (χ1v) is 8.89. The number of hydrogen-bond donors (Lipinski definition) is 1. The first kappa shape index (κ1) is 17.2. The van der Waals surface area contributed by atoms with E-state index in [-0.39, 0.29) is 0 Å². The first-order chi connectivity index (χ1) is 10.3. The van der Waals surface area contributed by atoms with Crippen molar-refractivity contribution in [3.8, 4) is 0 Å². The molecule has 2 aliphatic rings. The third kappa shape index (κ3) is 5.51. The van der Waals surface area contributed by atoms with E-state index in [4.69, 9.17) is 9.47 Å². The van der Waals surface area contributed by atoms with Gasteiger partial charge in [0.2, 0.25) is 0 Å². The highest BCUT2D eigenvalue weighted by atomic mass is 16.5. The van der Waals surface area contributed by atoms with Gasteiger partial charge in [-0.3, -0.25) is 4.90 Å². The minimum atomic E-state index is 0.656. The minimum absolute atomic E-state index is 0.656. The van der Waals surface area contributed by atoms with Gasteiger partial charge in [0.05, 0.1) is 19.8 Å². The summed E-state index contributed by atoms with van der Waals surface area (Å²) in [5.74, 6) is 0.892. The zero-order valence-corrected chi connectivity index (χ0v) is 14.0. The number of methoxy groups -OCH3 is 1. The van der Waals surface area contributed by atoms with E-state index in [1.54, 1.807) is 7.11 Å². The number of rotatable bonds is 8. The Kier molecular flexibility index (Phi) is 8.01. The zero-order chi connectivity index (χ0) is 14.9. The van der Waals surface area contributed by atoms with Gasteiger partial charge in [-0.25, -0.2) is 0 Å². The van der Waals surface area contributed by atoms with Crippen LogP contribution < -0.4 is 5.32 Å². The molecule has 124 valence electrons. The molecule has 0 bridgehead atoms. The first-order valence-electron chi connectivity index (χ1n) is 8.89. The maximum Gasteiger partial charge on any atom is 0.0700 e. The Hall–Kier alpha value is -0.160. The number of ether oxygens (including phenoxy) is 2. The van der Waals surface area contributed by atoms with Gasteiger partial charge in [0.25, 0.3) is 0 Å². The maximum absolute atomic E-state index is 5.69. The molecule has 0 aromatic rings. The molecule has 0 radical (unpaired) electrons. The van der Waals surface area contributed by atoms with E-state index in [9.17, 15) is 0 Å². The molecule has 0 aromatic carbocycles. The summed E-state index contributed by atoms with van der Waals surface area (Å²) < 4.78 is 10.7. The average molecular weight is 298 g/mol. The second-order valence-electron chi connectivity index (χ2n) is 6.58. The van der Waals surface area contributed by atoms with Crippen molar-refractivity contribution in [1.82, 2.24) is 10.2 Å². The maximum atomic E-state index is 5.69. The standard InChI is InChI=1S/C17H34N2O2/c1-3-16-14-19(9-10-21-12-11-20-2)17(13-18-16)15-7-5-4-6-8-15/h15-18H,3-14H2,1-2H3. The van der Waals surface area contributed by atoms with Gasteiger partial charge in [-0.15, -0.1) is 0 Å². The van der Waals surface area contributed by atoms with Crippen LogP contribution in [-0.2, 0) is 9.47 Å². The second-order valence-corrected chi connectivity index (χ2v) is 6.58. The van der Waals surface area contributed by atoms with Gasteiger partial charge in [0, 0.05) is 38.8 Å². The van der Waals surface area contributed by atoms with E-state index in [2.05, 4.69) is 17.1 Å². The fourth-order valence-electron chi connectivity index (χ4n) is 3.84. The molecular weight excluding hydrogens is 264 g/mol. The van der Waals surface area contributed by atoms with Crippen LogP contribution in [0, 0.1) is 5.92 Å². The van der Waals surface area contributed by atoms with Gasteiger partial charge in [-0.05, 0) is 25.2 Å². The normalized spacial score (nSPS) is 28.9. The van der Waals surface area contributed by atoms with Crippen molar-refractivity contribution in [1.29, 1.82) is 0 Å². The van der Waals surface area contributed by atoms with Gasteiger partial charge in [0.15, 0.2) is 0 Å². The Balaban J connectivity index is 1.80. The Bertz CT molecular complexity index is 270. The highest BCUT2D eigenvalue weighted by Crippen LogP contribution is 2.30. The van der Waals surface area contributed by atoms with Gasteiger partial charge in [-0.2, -0.15) is 0 Å². The summed E-state index contributed by atoms with van der Waals surface area (Å²) in [5, 5.41) is 3.75. The highest BCUT2D eigenvalue weighted by molar-refractivity contribution is 4.90. The lowest BCUT2D eigenvalue weighted by atomic mass is 9.82. The lowest BCUT2D eigenvalue weighted by Gasteiger charge is -2.45. The minimum Gasteiger partial charge on any atom is -0.382 e. The molecule has 1 N–H and O–H groups in total. The third-order valence-electron chi connectivity index (χ3n) is 5.18. The Morgan fingerprint density at radius 3 is 2.62 bits per heavy atom. The van der Waals surface area contributed by atoms with Gasteiger partial charge in [0.1, 0.15) is 0 Å². The topological polar surface area (TPSA) is 33.7 Å². The van der Waals surface area contributed by atoms with Gasteiger partial charge >= 0.3 is 0 Å². The smallest absolute Gasteiger partial charge is 0.0700 e. The summed E-state index contributed by atoms with van der Waals surface area (Å²) in [7, 11) is 1.73. The van der Waals surface area contributed by atoms with E-state index in [0.717, 1.165) is 25.1 Å². The van der Waals surface area contributed by atoms with E-state index in [0.29, 0.717) is 19.3 Å². The SMILES string of the molecule is CCC1CN(CCOCCOC)C(C2CCCCC2)CN1. The highest BCUT2D eigenvalue weighted by Gasteiger charge is 2.33. The fourth-order valence-corrected chi connectivity index (χ4v) is 3.84. The summed E-state index contributed by atoms with van der Waals surface area (Å²) in [6.07, 6.45) is 8.36. The van der Waals surface area contributed by atoms with Crippen LogP contribution in [-0.4, -0.2) is 63.5 Å². The molecule has 1 aliphatic carbocycles. The molecule has 0 amide bonds. The predicted octanol–water partition coefficient (Wildman–Crippen LogP) is 2.28. The Morgan fingerprint density at radius 2 is 1.90 bits per heavy atom. The molecule has 0 spiro atoms. The van der Waals surface area contributed by atoms with Crippen molar-refractivity contribution < 1.29 is 9.47 Å². The quantitative estimate of drug-likeness (QED) is 0.697. The third-order valence-corrected chi connectivity index (χ3v) is 5.18. The lowest BCUT2D eigenvalue weighted by Crippen LogP contribution is -2.59. The van der Waals surface area contributed by atoms with E-state index in [1.165, 1.54) is 51.6 Å². The molecule has 1 heterocycles. The molecule has 0 aromatic heterocycles. The van der Waals surface area contributed by atoms with Crippen LogP contribution in [0.1, 0.15) is 45.4 Å². The van der Waals surface area contributed by atoms with Crippen molar-refractivity contribution in [3.05, 3.63) is 0 Å². The molecule has 2 rings (SSSR count). The lowest BCUT2D eigenvalue weighted by molar-refractivity contribution is 0.0216. The van der Waals surface area contributed by atoms with Crippen LogP contribution in [0.2, 0.25) is 0 Å². The molecule has 1 aliphatic heterocycles. The van der Waals surface area contributed by atoms with Crippen molar-refractivity contribution in [3.63, 3.8) is 0 Å². The van der Waals surface area contributed by atoms with Gasteiger partial charge < -0.3 is 14.8 Å². The van der Waals surface area contributed by atoms with Crippen LogP contribution >= 0.6 is 0 Å². The van der Waals surface area contributed by atoms with Crippen LogP contribution in [0.3, 0.4) is 0 Å². The van der Waals surface area contributed by atoms with Crippen molar-refractivity contribution in [2.45, 2.75) is 57.5 Å². The molecule has 2 atom stereocenters. The summed E-state index contributed by atoms with van der Waals surface area (Å²) in [4.78, 5) is 2.70. The second kappa shape index (κ2) is 9.78. The van der Waals surface area contributed by atoms with Crippen LogP contribution in [0.4, 0.5) is 0 Å². The molecule has 2 fully saturated rings. The average Bonchev–Trinajstić information content (AvgIpc) is 2.55. The fraction of sp³-hybridized carbons (Fsp3) is 1.00. The van der Waals surface area contributed by atoms with Crippen molar-refractivity contribution in [2.75, 3.05) is 46.6 Å². The molecule has 1 saturated heterocycles. The van der Waals surface area contributed by atoms with E-state index >= 15 is 0 Å². The molecule has 1 saturated carbocycles. The molecule has 2 unspecified atom stereocenters. The Labute approximate surface area is 130 Å². The monoisotopic (exact) mass is 298 g/mol. The van der Waals surface area contributed by atoms with E-state index < -0.39 is 0 Å². The number of nitrogens with one attached hydrogen (secondary N) is 1. The molecular formula is C17H34N2O2. The summed E-state index contributed by atoms with van der Waals surface area (Å²) >= 11 is 0. The number of piperazine rings is 1. The van der Waals surface area contributed by atoms with Gasteiger partial charge in [-0.1, -0.05) is 26.2 Å². The molecule has 4 heteroatoms. The number of nitrogens with zero attached hydrogens (tertiary/aromatic N) is 1. The zero-order valence-electron chi connectivity index (χ0n) is 14.0. The Morgan fingerprint density at radius 1 is 1.10 bits per heavy atom. The van der Waals surface area contributed by atoms with E-state index in [1.807, 2.05) is 0 Å². The summed E-state index contributed by atoms with van der Waals surface area (Å²) in [6.45, 7) is 7.96. The molecule has 21 heavy (non-hydrogen) atoms. The molecule has 4 nitrogen and oxygen atoms in total. The van der Waals surface area contributed by atoms with Crippen molar-refractivity contribution in [2.24, 2.45) is 5.92 Å². The van der Waals surface area contributed by atoms with Crippen molar-refractivity contribution >= 4 is 0 Å². The largest absolute Gasteiger partial charge is 0.382 e.